The molecule has 3 N–H and O–H groups in total. The van der Waals surface area contributed by atoms with Crippen molar-refractivity contribution in [3.63, 3.8) is 0 Å². The van der Waals surface area contributed by atoms with Crippen molar-refractivity contribution in [3.05, 3.63) is 65.5 Å². The third-order valence-corrected chi connectivity index (χ3v) is 3.70. The van der Waals surface area contributed by atoms with Gasteiger partial charge in [0.05, 0.1) is 12.6 Å². The van der Waals surface area contributed by atoms with E-state index in [1.165, 1.54) is 5.56 Å². The fraction of sp³-hybridized carbons (Fsp3) is 0.333. The summed E-state index contributed by atoms with van der Waals surface area (Å²) in [5, 5.41) is 15.1. The minimum atomic E-state index is -0.292. The number of aliphatic hydroxyl groups is 1. The molecule has 5 heteroatoms. The van der Waals surface area contributed by atoms with Crippen LogP contribution in [0.2, 0.25) is 0 Å². The minimum Gasteiger partial charge on any atom is -0.394 e. The van der Waals surface area contributed by atoms with Gasteiger partial charge in [-0.3, -0.25) is 4.98 Å². The molecule has 0 aliphatic heterocycles. The molecule has 0 fully saturated rings. The summed E-state index contributed by atoms with van der Waals surface area (Å²) in [6.45, 7) is 2.45. The number of aromatic nitrogens is 1. The van der Waals surface area contributed by atoms with E-state index in [0.29, 0.717) is 13.0 Å². The van der Waals surface area contributed by atoms with E-state index in [2.05, 4.69) is 15.6 Å². The van der Waals surface area contributed by atoms with Gasteiger partial charge in [0.1, 0.15) is 0 Å². The van der Waals surface area contributed by atoms with Crippen molar-refractivity contribution in [1.29, 1.82) is 0 Å². The van der Waals surface area contributed by atoms with Crippen LogP contribution in [0.3, 0.4) is 0 Å². The SMILES string of the molecule is Cc1cnccc1CCNC(=O)NC(CO)Cc1ccccc1. The predicted octanol–water partition coefficient (Wildman–Crippen LogP) is 1.84. The Kier molecular flexibility index (Phi) is 6.56. The van der Waals surface area contributed by atoms with Gasteiger partial charge in [0.2, 0.25) is 0 Å². The molecule has 2 amide bonds. The number of hydrogen-bond acceptors (Lipinski definition) is 3. The maximum Gasteiger partial charge on any atom is 0.315 e. The molecule has 1 aromatic heterocycles. The number of pyridine rings is 1. The van der Waals surface area contributed by atoms with Gasteiger partial charge in [-0.1, -0.05) is 30.3 Å². The molecule has 122 valence electrons. The number of rotatable bonds is 7. The second-order valence-corrected chi connectivity index (χ2v) is 5.52. The van der Waals surface area contributed by atoms with Gasteiger partial charge in [-0.15, -0.1) is 0 Å². The van der Waals surface area contributed by atoms with Gasteiger partial charge in [-0.05, 0) is 42.5 Å². The summed E-state index contributed by atoms with van der Waals surface area (Å²) >= 11 is 0. The largest absolute Gasteiger partial charge is 0.394 e. The molecule has 0 aliphatic carbocycles. The van der Waals surface area contributed by atoms with E-state index in [0.717, 1.165) is 17.5 Å². The van der Waals surface area contributed by atoms with Gasteiger partial charge in [-0.25, -0.2) is 4.79 Å². The first-order valence-electron chi connectivity index (χ1n) is 7.77. The molecule has 2 rings (SSSR count). The number of aliphatic hydroxyl groups excluding tert-OH is 1. The fourth-order valence-electron chi connectivity index (χ4n) is 2.39. The highest BCUT2D eigenvalue weighted by Gasteiger charge is 2.11. The highest BCUT2D eigenvalue weighted by Crippen LogP contribution is 2.05. The standard InChI is InChI=1S/C18H23N3O2/c1-14-12-19-9-7-16(14)8-10-20-18(23)21-17(13-22)11-15-5-3-2-4-6-15/h2-7,9,12,17,22H,8,10-11,13H2,1H3,(H2,20,21,23). The Morgan fingerprint density at radius 1 is 1.26 bits per heavy atom. The van der Waals surface area contributed by atoms with Crippen molar-refractivity contribution in [2.45, 2.75) is 25.8 Å². The van der Waals surface area contributed by atoms with E-state index in [-0.39, 0.29) is 18.7 Å². The zero-order chi connectivity index (χ0) is 16.5. The molecule has 1 unspecified atom stereocenters. The smallest absolute Gasteiger partial charge is 0.315 e. The van der Waals surface area contributed by atoms with Crippen molar-refractivity contribution < 1.29 is 9.90 Å². The van der Waals surface area contributed by atoms with Crippen LogP contribution in [-0.4, -0.2) is 35.3 Å². The summed E-state index contributed by atoms with van der Waals surface area (Å²) in [6.07, 6.45) is 4.93. The summed E-state index contributed by atoms with van der Waals surface area (Å²) in [4.78, 5) is 16.0. The number of hydrogen-bond donors (Lipinski definition) is 3. The Morgan fingerprint density at radius 2 is 2.04 bits per heavy atom. The molecule has 23 heavy (non-hydrogen) atoms. The molecule has 0 saturated heterocycles. The van der Waals surface area contributed by atoms with Gasteiger partial charge in [-0.2, -0.15) is 0 Å². The van der Waals surface area contributed by atoms with Gasteiger partial charge < -0.3 is 15.7 Å². The molecule has 5 nitrogen and oxygen atoms in total. The maximum atomic E-state index is 11.9. The van der Waals surface area contributed by atoms with Crippen molar-refractivity contribution >= 4 is 6.03 Å². The monoisotopic (exact) mass is 313 g/mol. The number of carbonyl (C=O) groups excluding carboxylic acids is 1. The minimum absolute atomic E-state index is 0.0915. The number of nitrogens with zero attached hydrogens (tertiary/aromatic N) is 1. The van der Waals surface area contributed by atoms with Gasteiger partial charge >= 0.3 is 6.03 Å². The van der Waals surface area contributed by atoms with Gasteiger partial charge in [0.25, 0.3) is 0 Å². The van der Waals surface area contributed by atoms with Crippen molar-refractivity contribution in [2.24, 2.45) is 0 Å². The first-order chi connectivity index (χ1) is 11.2. The summed E-state index contributed by atoms with van der Waals surface area (Å²) in [7, 11) is 0. The summed E-state index contributed by atoms with van der Waals surface area (Å²) < 4.78 is 0. The number of benzene rings is 1. The van der Waals surface area contributed by atoms with Crippen LogP contribution in [0.25, 0.3) is 0 Å². The number of carbonyl (C=O) groups is 1. The van der Waals surface area contributed by atoms with Crippen LogP contribution in [0.5, 0.6) is 0 Å². The topological polar surface area (TPSA) is 74.2 Å². The highest BCUT2D eigenvalue weighted by atomic mass is 16.3. The Balaban J connectivity index is 1.75. The number of urea groups is 1. The molecule has 0 aliphatic rings. The highest BCUT2D eigenvalue weighted by molar-refractivity contribution is 5.74. The molecular formula is C18H23N3O2. The molecule has 0 bridgehead atoms. The quantitative estimate of drug-likeness (QED) is 0.730. The Bertz CT molecular complexity index is 617. The average Bonchev–Trinajstić information content (AvgIpc) is 2.57. The Morgan fingerprint density at radius 3 is 2.74 bits per heavy atom. The van der Waals surface area contributed by atoms with Gasteiger partial charge in [0, 0.05) is 18.9 Å². The number of amides is 2. The lowest BCUT2D eigenvalue weighted by Crippen LogP contribution is -2.45. The van der Waals surface area contributed by atoms with E-state index >= 15 is 0 Å². The number of nitrogens with one attached hydrogen (secondary N) is 2. The van der Waals surface area contributed by atoms with Crippen LogP contribution in [0.15, 0.2) is 48.8 Å². The van der Waals surface area contributed by atoms with E-state index in [9.17, 15) is 9.90 Å². The van der Waals surface area contributed by atoms with Crippen LogP contribution < -0.4 is 10.6 Å². The van der Waals surface area contributed by atoms with E-state index in [1.54, 1.807) is 6.20 Å². The van der Waals surface area contributed by atoms with Crippen LogP contribution in [0, 0.1) is 6.92 Å². The third-order valence-electron chi connectivity index (χ3n) is 3.70. The zero-order valence-corrected chi connectivity index (χ0v) is 13.3. The second-order valence-electron chi connectivity index (χ2n) is 5.52. The molecule has 0 saturated carbocycles. The van der Waals surface area contributed by atoms with E-state index in [1.807, 2.05) is 49.5 Å². The predicted molar refractivity (Wildman–Crippen MR) is 90.2 cm³/mol. The van der Waals surface area contributed by atoms with Crippen molar-refractivity contribution in [1.82, 2.24) is 15.6 Å². The zero-order valence-electron chi connectivity index (χ0n) is 13.3. The molecule has 1 heterocycles. The maximum absolute atomic E-state index is 11.9. The lowest BCUT2D eigenvalue weighted by molar-refractivity contribution is 0.216. The second kappa shape index (κ2) is 8.90. The van der Waals surface area contributed by atoms with E-state index < -0.39 is 0 Å². The first-order valence-corrected chi connectivity index (χ1v) is 7.77. The summed E-state index contributed by atoms with van der Waals surface area (Å²) in [5.41, 5.74) is 3.37. The van der Waals surface area contributed by atoms with Crippen LogP contribution in [0.1, 0.15) is 16.7 Å². The normalized spacial score (nSPS) is 11.7. The summed E-state index contributed by atoms with van der Waals surface area (Å²) in [6, 6.07) is 11.2. The lowest BCUT2D eigenvalue weighted by Gasteiger charge is -2.17. The molecule has 1 aromatic carbocycles. The number of aryl methyl sites for hydroxylation is 1. The Hall–Kier alpha value is -2.40. The molecule has 0 radical (unpaired) electrons. The fourth-order valence-corrected chi connectivity index (χ4v) is 2.39. The van der Waals surface area contributed by atoms with Crippen LogP contribution in [-0.2, 0) is 12.8 Å². The Labute approximate surface area is 136 Å². The third kappa shape index (κ3) is 5.71. The first kappa shape index (κ1) is 17.0. The molecule has 1 atom stereocenters. The average molecular weight is 313 g/mol. The van der Waals surface area contributed by atoms with Crippen LogP contribution >= 0.6 is 0 Å². The van der Waals surface area contributed by atoms with Crippen molar-refractivity contribution in [2.75, 3.05) is 13.2 Å². The lowest BCUT2D eigenvalue weighted by atomic mass is 10.1. The van der Waals surface area contributed by atoms with Crippen molar-refractivity contribution in [3.8, 4) is 0 Å². The van der Waals surface area contributed by atoms with Crippen LogP contribution in [0.4, 0.5) is 4.79 Å². The molecular weight excluding hydrogens is 290 g/mol. The molecule has 0 spiro atoms. The van der Waals surface area contributed by atoms with Gasteiger partial charge in [0.15, 0.2) is 0 Å². The van der Waals surface area contributed by atoms with E-state index in [4.69, 9.17) is 0 Å². The molecule has 2 aromatic rings. The summed E-state index contributed by atoms with van der Waals surface area (Å²) in [5.74, 6) is 0.